The third kappa shape index (κ3) is 4.44. The fraction of sp³-hybridized carbons (Fsp3) is 0.308. The molecule has 1 saturated heterocycles. The highest BCUT2D eigenvalue weighted by molar-refractivity contribution is 6.32. The molecule has 166 valence electrons. The van der Waals surface area contributed by atoms with Gasteiger partial charge < -0.3 is 15.4 Å². The van der Waals surface area contributed by atoms with E-state index in [0.717, 1.165) is 46.7 Å². The molecule has 4 rings (SSSR count). The predicted octanol–water partition coefficient (Wildman–Crippen LogP) is 5.87. The van der Waals surface area contributed by atoms with Gasteiger partial charge in [0, 0.05) is 36.0 Å². The molecule has 0 aliphatic carbocycles. The molecule has 2 N–H and O–H groups in total. The Kier molecular flexibility index (Phi) is 6.66. The quantitative estimate of drug-likeness (QED) is 0.529. The zero-order valence-corrected chi connectivity index (χ0v) is 19.3. The molecule has 5 nitrogen and oxygen atoms in total. The lowest BCUT2D eigenvalue weighted by Crippen LogP contribution is -2.24. The van der Waals surface area contributed by atoms with Crippen molar-refractivity contribution in [3.05, 3.63) is 64.8 Å². The molecule has 32 heavy (non-hydrogen) atoms. The van der Waals surface area contributed by atoms with Gasteiger partial charge in [-0.25, -0.2) is 4.98 Å². The Hall–Kier alpha value is -3.05. The summed E-state index contributed by atoms with van der Waals surface area (Å²) >= 11 is 6.42. The summed E-state index contributed by atoms with van der Waals surface area (Å²) in [6.07, 6.45) is 6.77. The fourth-order valence-corrected chi connectivity index (χ4v) is 4.68. The first-order valence-corrected chi connectivity index (χ1v) is 11.4. The van der Waals surface area contributed by atoms with Crippen LogP contribution in [0.3, 0.4) is 0 Å². The van der Waals surface area contributed by atoms with Crippen molar-refractivity contribution in [3.8, 4) is 28.0 Å². The molecule has 1 aliphatic heterocycles. The maximum atomic E-state index is 12.4. The Morgan fingerprint density at radius 1 is 1.00 bits per heavy atom. The van der Waals surface area contributed by atoms with Crippen LogP contribution >= 0.6 is 11.6 Å². The zero-order chi connectivity index (χ0) is 22.7. The van der Waals surface area contributed by atoms with E-state index in [-0.39, 0.29) is 0 Å². The van der Waals surface area contributed by atoms with Crippen molar-refractivity contribution in [1.29, 1.82) is 0 Å². The smallest absolute Gasteiger partial charge is 0.249 e. The summed E-state index contributed by atoms with van der Waals surface area (Å²) in [7, 11) is 1.59. The van der Waals surface area contributed by atoms with E-state index >= 15 is 0 Å². The van der Waals surface area contributed by atoms with Crippen molar-refractivity contribution < 1.29 is 9.53 Å². The molecule has 2 aromatic carbocycles. The number of halogens is 1. The van der Waals surface area contributed by atoms with Crippen molar-refractivity contribution in [2.45, 2.75) is 32.6 Å². The van der Waals surface area contributed by atoms with E-state index in [1.54, 1.807) is 13.2 Å². The van der Waals surface area contributed by atoms with Crippen LogP contribution in [0.25, 0.3) is 22.3 Å². The second-order valence-electron chi connectivity index (χ2n) is 8.20. The zero-order valence-electron chi connectivity index (χ0n) is 18.5. The van der Waals surface area contributed by atoms with E-state index < -0.39 is 5.91 Å². The number of anilines is 1. The van der Waals surface area contributed by atoms with Crippen molar-refractivity contribution in [2.75, 3.05) is 25.1 Å². The van der Waals surface area contributed by atoms with E-state index in [0.29, 0.717) is 16.3 Å². The number of ether oxygens (including phenoxy) is 1. The Bertz CT molecular complexity index is 1120. The third-order valence-electron chi connectivity index (χ3n) is 6.09. The van der Waals surface area contributed by atoms with Crippen LogP contribution < -0.4 is 15.4 Å². The van der Waals surface area contributed by atoms with Gasteiger partial charge in [-0.2, -0.15) is 0 Å². The number of hydrogen-bond acceptors (Lipinski definition) is 4. The summed E-state index contributed by atoms with van der Waals surface area (Å²) in [6, 6.07) is 13.4. The molecular weight excluding hydrogens is 422 g/mol. The molecule has 1 fully saturated rings. The monoisotopic (exact) mass is 449 g/mol. The molecule has 6 heteroatoms. The number of benzene rings is 2. The lowest BCUT2D eigenvalue weighted by Gasteiger charge is -2.22. The number of pyridine rings is 1. The van der Waals surface area contributed by atoms with Gasteiger partial charge in [0.1, 0.15) is 11.6 Å². The van der Waals surface area contributed by atoms with Crippen molar-refractivity contribution in [3.63, 3.8) is 0 Å². The Labute approximate surface area is 194 Å². The number of aromatic nitrogens is 1. The summed E-state index contributed by atoms with van der Waals surface area (Å²) in [5, 5.41) is 0.509. The minimum absolute atomic E-state index is 0.460. The maximum absolute atomic E-state index is 12.4. The van der Waals surface area contributed by atoms with Crippen LogP contribution in [0, 0.1) is 6.92 Å². The molecule has 0 spiro atoms. The van der Waals surface area contributed by atoms with Crippen molar-refractivity contribution >= 4 is 23.3 Å². The van der Waals surface area contributed by atoms with Gasteiger partial charge in [0.15, 0.2) is 0 Å². The van der Waals surface area contributed by atoms with Crippen LogP contribution in [0.2, 0.25) is 5.02 Å². The van der Waals surface area contributed by atoms with E-state index in [4.69, 9.17) is 27.1 Å². The van der Waals surface area contributed by atoms with Gasteiger partial charge in [0.05, 0.1) is 12.1 Å². The van der Waals surface area contributed by atoms with E-state index in [2.05, 4.69) is 4.90 Å². The van der Waals surface area contributed by atoms with E-state index in [1.807, 2.05) is 49.5 Å². The number of carbonyl (C=O) groups excluding carboxylic acids is 1. The van der Waals surface area contributed by atoms with Crippen molar-refractivity contribution in [1.82, 2.24) is 4.98 Å². The molecule has 0 saturated carbocycles. The second-order valence-corrected chi connectivity index (χ2v) is 8.61. The minimum atomic E-state index is -0.475. The molecule has 3 aromatic rings. The van der Waals surface area contributed by atoms with Crippen LogP contribution in [0.1, 0.15) is 41.6 Å². The summed E-state index contributed by atoms with van der Waals surface area (Å²) in [6.45, 7) is 4.07. The maximum Gasteiger partial charge on any atom is 0.249 e. The number of nitrogens with two attached hydrogens (primary N) is 1. The number of primary amides is 1. The van der Waals surface area contributed by atoms with Gasteiger partial charge in [0.25, 0.3) is 0 Å². The second kappa shape index (κ2) is 9.61. The van der Waals surface area contributed by atoms with Gasteiger partial charge in [0.2, 0.25) is 5.91 Å². The van der Waals surface area contributed by atoms with Crippen LogP contribution in [0.4, 0.5) is 5.82 Å². The molecule has 1 amide bonds. The molecule has 0 radical (unpaired) electrons. The summed E-state index contributed by atoms with van der Waals surface area (Å²) in [5.74, 6) is 1.10. The van der Waals surface area contributed by atoms with Crippen LogP contribution in [-0.4, -0.2) is 31.1 Å². The Balaban J connectivity index is 1.83. The predicted molar refractivity (Wildman–Crippen MR) is 131 cm³/mol. The number of carbonyl (C=O) groups is 1. The Morgan fingerprint density at radius 2 is 1.72 bits per heavy atom. The fourth-order valence-electron chi connectivity index (χ4n) is 4.43. The first kappa shape index (κ1) is 22.2. The molecule has 0 bridgehead atoms. The SMILES string of the molecule is COc1ccc(-c2c(C)ccc(C(N)=O)c2-c2ccc(N3CCCCCC3)nc2)cc1Cl. The van der Waals surface area contributed by atoms with Crippen LogP contribution in [0.5, 0.6) is 5.75 Å². The number of aryl methyl sites for hydroxylation is 1. The van der Waals surface area contributed by atoms with Gasteiger partial charge in [-0.1, -0.05) is 36.6 Å². The molecule has 1 aromatic heterocycles. The standard InChI is InChI=1S/C26H28ClN3O2/c1-17-7-10-20(26(28)31)25(24(17)18-8-11-22(32-2)21(27)15-18)19-9-12-23(29-16-19)30-13-5-3-4-6-14-30/h7-12,15-16H,3-6,13-14H2,1-2H3,(H2,28,31). The molecule has 2 heterocycles. The largest absolute Gasteiger partial charge is 0.495 e. The first-order valence-electron chi connectivity index (χ1n) is 11.0. The first-order chi connectivity index (χ1) is 15.5. The highest BCUT2D eigenvalue weighted by Gasteiger charge is 2.20. The lowest BCUT2D eigenvalue weighted by molar-refractivity contribution is 0.100. The topological polar surface area (TPSA) is 68.5 Å². The summed E-state index contributed by atoms with van der Waals surface area (Å²) in [4.78, 5) is 19.5. The van der Waals surface area contributed by atoms with Gasteiger partial charge in [-0.3, -0.25) is 4.79 Å². The van der Waals surface area contributed by atoms with Gasteiger partial charge >= 0.3 is 0 Å². The number of amides is 1. The summed E-state index contributed by atoms with van der Waals surface area (Å²) < 4.78 is 5.30. The molecule has 0 atom stereocenters. The van der Waals surface area contributed by atoms with E-state index in [9.17, 15) is 4.79 Å². The Morgan fingerprint density at radius 3 is 2.31 bits per heavy atom. The van der Waals surface area contributed by atoms with Crippen molar-refractivity contribution in [2.24, 2.45) is 5.73 Å². The van der Waals surface area contributed by atoms with Crippen LogP contribution in [-0.2, 0) is 0 Å². The number of methoxy groups -OCH3 is 1. The van der Waals surface area contributed by atoms with Crippen LogP contribution in [0.15, 0.2) is 48.7 Å². The molecule has 0 unspecified atom stereocenters. The number of rotatable bonds is 5. The molecular formula is C26H28ClN3O2. The highest BCUT2D eigenvalue weighted by Crippen LogP contribution is 2.40. The van der Waals surface area contributed by atoms with Gasteiger partial charge in [-0.15, -0.1) is 0 Å². The average Bonchev–Trinajstić information content (AvgIpc) is 3.08. The minimum Gasteiger partial charge on any atom is -0.495 e. The van der Waals surface area contributed by atoms with Gasteiger partial charge in [-0.05, 0) is 66.8 Å². The number of hydrogen-bond donors (Lipinski definition) is 1. The lowest BCUT2D eigenvalue weighted by atomic mass is 9.87. The third-order valence-corrected chi connectivity index (χ3v) is 6.38. The summed E-state index contributed by atoms with van der Waals surface area (Å²) in [5.41, 5.74) is 10.7. The van der Waals surface area contributed by atoms with E-state index in [1.165, 1.54) is 25.7 Å². The highest BCUT2D eigenvalue weighted by atomic mass is 35.5. The number of nitrogens with zero attached hydrogens (tertiary/aromatic N) is 2. The molecule has 1 aliphatic rings. The normalized spacial score (nSPS) is 14.2. The average molecular weight is 450 g/mol.